The van der Waals surface area contributed by atoms with Gasteiger partial charge in [0.2, 0.25) is 0 Å². The summed E-state index contributed by atoms with van der Waals surface area (Å²) < 4.78 is 0. The fraction of sp³-hybridized carbons (Fsp3) is 0.176. The predicted molar refractivity (Wildman–Crippen MR) is 84.9 cm³/mol. The van der Waals surface area contributed by atoms with E-state index in [1.165, 1.54) is 6.07 Å². The molecule has 2 aromatic rings. The number of benzene rings is 2. The van der Waals surface area contributed by atoms with Gasteiger partial charge < -0.3 is 5.32 Å². The van der Waals surface area contributed by atoms with Crippen LogP contribution in [0.2, 0.25) is 0 Å². The van der Waals surface area contributed by atoms with Crippen LogP contribution < -0.4 is 5.32 Å². The Morgan fingerprint density at radius 1 is 1.30 bits per heavy atom. The van der Waals surface area contributed by atoms with Gasteiger partial charge >= 0.3 is 0 Å². The quantitative estimate of drug-likeness (QED) is 0.692. The van der Waals surface area contributed by atoms with Gasteiger partial charge in [-0.25, -0.2) is 0 Å². The molecule has 0 aliphatic heterocycles. The first kappa shape index (κ1) is 16.2. The molecular formula is C17H15N3O3. The van der Waals surface area contributed by atoms with E-state index in [9.17, 15) is 14.9 Å². The zero-order valence-corrected chi connectivity index (χ0v) is 12.7. The fourth-order valence-electron chi connectivity index (χ4n) is 2.33. The van der Waals surface area contributed by atoms with E-state index < -0.39 is 10.8 Å². The number of aryl methyl sites for hydroxylation is 1. The molecule has 23 heavy (non-hydrogen) atoms. The molecule has 0 aromatic heterocycles. The Balaban J connectivity index is 2.29. The highest BCUT2D eigenvalue weighted by Crippen LogP contribution is 2.23. The van der Waals surface area contributed by atoms with Crippen LogP contribution in [0.4, 0.5) is 5.69 Å². The van der Waals surface area contributed by atoms with Crippen molar-refractivity contribution in [2.24, 2.45) is 0 Å². The van der Waals surface area contributed by atoms with Crippen LogP contribution in [0.1, 0.15) is 40.0 Å². The largest absolute Gasteiger partial charge is 0.345 e. The molecule has 0 saturated heterocycles. The summed E-state index contributed by atoms with van der Waals surface area (Å²) >= 11 is 0. The lowest BCUT2D eigenvalue weighted by molar-refractivity contribution is -0.385. The van der Waals surface area contributed by atoms with Crippen molar-refractivity contribution in [1.82, 2.24) is 5.32 Å². The Hall–Kier alpha value is -3.20. The summed E-state index contributed by atoms with van der Waals surface area (Å²) in [6, 6.07) is 13.0. The van der Waals surface area contributed by atoms with Crippen molar-refractivity contribution < 1.29 is 9.72 Å². The van der Waals surface area contributed by atoms with Gasteiger partial charge in [0.15, 0.2) is 0 Å². The number of nitrogens with zero attached hydrogens (tertiary/aromatic N) is 2. The molecule has 0 radical (unpaired) electrons. The summed E-state index contributed by atoms with van der Waals surface area (Å²) in [5.74, 6) is -0.510. The highest BCUT2D eigenvalue weighted by molar-refractivity contribution is 5.99. The van der Waals surface area contributed by atoms with E-state index >= 15 is 0 Å². The lowest BCUT2D eigenvalue weighted by atomic mass is 10.0. The normalized spacial score (nSPS) is 11.3. The second kappa shape index (κ2) is 6.71. The molecule has 6 heteroatoms. The molecule has 1 N–H and O–H groups in total. The molecule has 0 spiro atoms. The number of nitro groups is 1. The van der Waals surface area contributed by atoms with Crippen molar-refractivity contribution >= 4 is 11.6 Å². The number of nitrogens with one attached hydrogen (secondary N) is 1. The molecule has 0 aliphatic rings. The number of rotatable bonds is 4. The third-order valence-corrected chi connectivity index (χ3v) is 3.54. The number of nitro benzene ring substituents is 1. The predicted octanol–water partition coefficient (Wildman–Crippen LogP) is 3.27. The first-order valence-electron chi connectivity index (χ1n) is 6.99. The molecular weight excluding hydrogens is 294 g/mol. The van der Waals surface area contributed by atoms with Crippen LogP contribution in [-0.4, -0.2) is 10.8 Å². The zero-order chi connectivity index (χ0) is 17.0. The third kappa shape index (κ3) is 3.52. The number of carbonyl (C=O) groups is 1. The first-order chi connectivity index (χ1) is 10.9. The summed E-state index contributed by atoms with van der Waals surface area (Å²) in [4.78, 5) is 23.0. The average molecular weight is 309 g/mol. The topological polar surface area (TPSA) is 96.0 Å². The fourth-order valence-corrected chi connectivity index (χ4v) is 2.33. The minimum absolute atomic E-state index is 0.0563. The van der Waals surface area contributed by atoms with Crippen molar-refractivity contribution in [3.63, 3.8) is 0 Å². The first-order valence-corrected chi connectivity index (χ1v) is 6.99. The monoisotopic (exact) mass is 309 g/mol. The summed E-state index contributed by atoms with van der Waals surface area (Å²) in [6.45, 7) is 3.42. The molecule has 0 aliphatic carbocycles. The molecule has 0 saturated carbocycles. The Morgan fingerprint density at radius 3 is 2.65 bits per heavy atom. The molecule has 1 amide bonds. The maximum absolute atomic E-state index is 12.4. The van der Waals surface area contributed by atoms with E-state index in [0.717, 1.165) is 5.56 Å². The van der Waals surface area contributed by atoms with E-state index in [2.05, 4.69) is 5.32 Å². The van der Waals surface area contributed by atoms with E-state index in [0.29, 0.717) is 11.1 Å². The van der Waals surface area contributed by atoms with E-state index in [-0.39, 0.29) is 17.3 Å². The minimum atomic E-state index is -0.567. The molecule has 116 valence electrons. The molecule has 2 aromatic carbocycles. The Bertz CT molecular complexity index is 809. The van der Waals surface area contributed by atoms with Gasteiger partial charge in [0.1, 0.15) is 5.56 Å². The number of hydrogen-bond donors (Lipinski definition) is 1. The van der Waals surface area contributed by atoms with Crippen molar-refractivity contribution in [2.45, 2.75) is 19.9 Å². The minimum Gasteiger partial charge on any atom is -0.345 e. The van der Waals surface area contributed by atoms with Crippen LogP contribution in [0.25, 0.3) is 0 Å². The summed E-state index contributed by atoms with van der Waals surface area (Å²) in [5, 5.41) is 22.8. The van der Waals surface area contributed by atoms with E-state index in [4.69, 9.17) is 5.26 Å². The second-order valence-corrected chi connectivity index (χ2v) is 5.16. The average Bonchev–Trinajstić information content (AvgIpc) is 2.54. The Kier molecular flexibility index (Phi) is 4.72. The van der Waals surface area contributed by atoms with Gasteiger partial charge in [-0.3, -0.25) is 14.9 Å². The van der Waals surface area contributed by atoms with Crippen LogP contribution in [0.15, 0.2) is 42.5 Å². The standard InChI is InChI=1S/C17H15N3O3/c1-11-5-3-8-15(20(22)23)16(11)17(21)19-12(2)14-7-4-6-13(9-14)10-18/h3-9,12H,1-2H3,(H,19,21)/t12-/m1/s1. The number of nitriles is 1. The summed E-state index contributed by atoms with van der Waals surface area (Å²) in [5.41, 5.74) is 1.62. The third-order valence-electron chi connectivity index (χ3n) is 3.54. The lowest BCUT2D eigenvalue weighted by Gasteiger charge is -2.15. The van der Waals surface area contributed by atoms with Gasteiger partial charge in [-0.15, -0.1) is 0 Å². The van der Waals surface area contributed by atoms with Crippen molar-refractivity contribution in [1.29, 1.82) is 5.26 Å². The zero-order valence-electron chi connectivity index (χ0n) is 12.7. The van der Waals surface area contributed by atoms with Crippen molar-refractivity contribution in [3.05, 3.63) is 74.8 Å². The molecule has 1 atom stereocenters. The number of amides is 1. The molecule has 0 fully saturated rings. The van der Waals surface area contributed by atoms with Gasteiger partial charge in [0.25, 0.3) is 11.6 Å². The van der Waals surface area contributed by atoms with Crippen LogP contribution >= 0.6 is 0 Å². The van der Waals surface area contributed by atoms with Crippen molar-refractivity contribution in [3.8, 4) is 6.07 Å². The summed E-state index contributed by atoms with van der Waals surface area (Å²) in [6.07, 6.45) is 0. The van der Waals surface area contributed by atoms with Gasteiger partial charge in [0.05, 0.1) is 22.6 Å². The van der Waals surface area contributed by atoms with E-state index in [1.54, 1.807) is 50.2 Å². The SMILES string of the molecule is Cc1cccc([N+](=O)[O-])c1C(=O)N[C@H](C)c1cccc(C#N)c1. The highest BCUT2D eigenvalue weighted by Gasteiger charge is 2.23. The maximum atomic E-state index is 12.4. The van der Waals surface area contributed by atoms with Crippen LogP contribution in [0.3, 0.4) is 0 Å². The highest BCUT2D eigenvalue weighted by atomic mass is 16.6. The van der Waals surface area contributed by atoms with Gasteiger partial charge in [-0.2, -0.15) is 5.26 Å². The lowest BCUT2D eigenvalue weighted by Crippen LogP contribution is -2.28. The maximum Gasteiger partial charge on any atom is 0.282 e. The van der Waals surface area contributed by atoms with Crippen LogP contribution in [0.5, 0.6) is 0 Å². The van der Waals surface area contributed by atoms with Gasteiger partial charge in [-0.05, 0) is 37.1 Å². The smallest absolute Gasteiger partial charge is 0.282 e. The molecule has 0 unspecified atom stereocenters. The van der Waals surface area contributed by atoms with Gasteiger partial charge in [-0.1, -0.05) is 24.3 Å². The summed E-state index contributed by atoms with van der Waals surface area (Å²) in [7, 11) is 0. The number of carbonyl (C=O) groups excluding carboxylic acids is 1. The Labute approximate surface area is 133 Å². The van der Waals surface area contributed by atoms with Gasteiger partial charge in [0, 0.05) is 6.07 Å². The molecule has 6 nitrogen and oxygen atoms in total. The molecule has 2 rings (SSSR count). The number of hydrogen-bond acceptors (Lipinski definition) is 4. The van der Waals surface area contributed by atoms with Crippen LogP contribution in [0, 0.1) is 28.4 Å². The molecule has 0 bridgehead atoms. The van der Waals surface area contributed by atoms with Crippen molar-refractivity contribution in [2.75, 3.05) is 0 Å². The second-order valence-electron chi connectivity index (χ2n) is 5.16. The van der Waals surface area contributed by atoms with E-state index in [1.807, 2.05) is 6.07 Å². The Morgan fingerprint density at radius 2 is 2.00 bits per heavy atom. The molecule has 0 heterocycles. The van der Waals surface area contributed by atoms with Crippen LogP contribution in [-0.2, 0) is 0 Å².